The Kier molecular flexibility index (Phi) is 9.05. The van der Waals surface area contributed by atoms with Gasteiger partial charge in [-0.2, -0.15) is 0 Å². The van der Waals surface area contributed by atoms with Crippen molar-refractivity contribution in [2.45, 2.75) is 45.1 Å². The van der Waals surface area contributed by atoms with E-state index in [1.54, 1.807) is 36.7 Å². The third-order valence-electron chi connectivity index (χ3n) is 7.19. The molecule has 1 aliphatic carbocycles. The molecule has 2 N–H and O–H groups in total. The molecule has 3 aromatic carbocycles. The minimum absolute atomic E-state index is 0.199. The Morgan fingerprint density at radius 1 is 1.00 bits per heavy atom. The molecule has 0 radical (unpaired) electrons. The lowest BCUT2D eigenvalue weighted by Crippen LogP contribution is -2.33. The number of carbonyl (C=O) groups excluding carboxylic acids is 1. The first-order valence-electron chi connectivity index (χ1n) is 13.2. The number of carboxylic acid groups (broad SMARTS) is 1. The molecule has 0 heterocycles. The number of carboxylic acids is 1. The van der Waals surface area contributed by atoms with Crippen LogP contribution in [0.2, 0.25) is 0 Å². The van der Waals surface area contributed by atoms with Crippen molar-refractivity contribution in [2.24, 2.45) is 9.98 Å². The molecule has 1 fully saturated rings. The third-order valence-corrected chi connectivity index (χ3v) is 7.19. The Labute approximate surface area is 229 Å². The maximum atomic E-state index is 12.9. The van der Waals surface area contributed by atoms with E-state index < -0.39 is 5.97 Å². The van der Waals surface area contributed by atoms with E-state index >= 15 is 0 Å². The number of rotatable bonds is 9. The summed E-state index contributed by atoms with van der Waals surface area (Å²) in [6, 6.07) is 18.3. The van der Waals surface area contributed by atoms with Gasteiger partial charge < -0.3 is 15.3 Å². The number of aliphatic imine (C=N–C) groups is 2. The lowest BCUT2D eigenvalue weighted by molar-refractivity contribution is 0.0696. The van der Waals surface area contributed by atoms with Crippen molar-refractivity contribution in [3.05, 3.63) is 101 Å². The molecule has 0 atom stereocenters. The summed E-state index contributed by atoms with van der Waals surface area (Å²) in [5.41, 5.74) is 5.57. The molecular weight excluding hydrogens is 488 g/mol. The number of nitrogens with one attached hydrogen (secondary N) is 1. The summed E-state index contributed by atoms with van der Waals surface area (Å²) in [5, 5.41) is 12.5. The fraction of sp³-hybridized carbons (Fsp3) is 0.250. The normalized spacial score (nSPS) is 14.0. The lowest BCUT2D eigenvalue weighted by atomic mass is 9.94. The zero-order chi connectivity index (χ0) is 27.8. The molecule has 3 aromatic rings. The van der Waals surface area contributed by atoms with E-state index in [9.17, 15) is 14.7 Å². The lowest BCUT2D eigenvalue weighted by Gasteiger charge is -2.33. The zero-order valence-corrected chi connectivity index (χ0v) is 22.4. The molecular formula is C32H34N4O3. The Morgan fingerprint density at radius 3 is 2.41 bits per heavy atom. The van der Waals surface area contributed by atoms with Crippen LogP contribution in [0.15, 0.2) is 83.4 Å². The van der Waals surface area contributed by atoms with Gasteiger partial charge in [-0.05, 0) is 72.9 Å². The van der Waals surface area contributed by atoms with Crippen LogP contribution in [-0.4, -0.2) is 42.5 Å². The van der Waals surface area contributed by atoms with Crippen molar-refractivity contribution in [2.75, 3.05) is 17.3 Å². The first-order chi connectivity index (χ1) is 18.9. The van der Waals surface area contributed by atoms with Gasteiger partial charge in [0.2, 0.25) is 0 Å². The Hall–Kier alpha value is -4.52. The van der Waals surface area contributed by atoms with Crippen molar-refractivity contribution in [3.63, 3.8) is 0 Å². The molecule has 7 heteroatoms. The Balaban J connectivity index is 1.51. The van der Waals surface area contributed by atoms with Crippen molar-refractivity contribution in [3.8, 4) is 0 Å². The van der Waals surface area contributed by atoms with Gasteiger partial charge in [0.1, 0.15) is 0 Å². The van der Waals surface area contributed by atoms with Crippen LogP contribution in [-0.2, 0) is 0 Å². The van der Waals surface area contributed by atoms with Crippen molar-refractivity contribution < 1.29 is 14.7 Å². The SMILES string of the molecule is C=CN=Cc1cccc(NC(=O)c2ccc(C=Nc3cc(C(=O)O)ccc3N(C)C3CCCCC3)cc2)c1C. The molecule has 0 spiro atoms. The smallest absolute Gasteiger partial charge is 0.335 e. The molecule has 0 bridgehead atoms. The van der Waals surface area contributed by atoms with Gasteiger partial charge in [-0.25, -0.2) is 4.79 Å². The van der Waals surface area contributed by atoms with E-state index in [-0.39, 0.29) is 11.5 Å². The van der Waals surface area contributed by atoms with Crippen LogP contribution < -0.4 is 10.2 Å². The van der Waals surface area contributed by atoms with E-state index in [1.165, 1.54) is 25.5 Å². The van der Waals surface area contributed by atoms with Crippen LogP contribution in [0.3, 0.4) is 0 Å². The first kappa shape index (κ1) is 27.5. The summed E-state index contributed by atoms with van der Waals surface area (Å²) in [4.78, 5) is 35.5. The molecule has 39 heavy (non-hydrogen) atoms. The summed E-state index contributed by atoms with van der Waals surface area (Å²) in [5.74, 6) is -1.20. The standard InChI is InChI=1S/C32H34N4O3/c1-4-33-21-26-9-8-12-28(22(26)2)35-31(37)24-15-13-23(14-16-24)20-34-29-19-25(32(38)39)17-18-30(29)36(3)27-10-6-5-7-11-27/h4,8-9,12-21,27H,1,5-7,10-11H2,2-3H3,(H,35,37)(H,38,39). The minimum Gasteiger partial charge on any atom is -0.478 e. The molecule has 1 amide bonds. The maximum absolute atomic E-state index is 12.9. The second-order valence-corrected chi connectivity index (χ2v) is 9.73. The van der Waals surface area contributed by atoms with Gasteiger partial charge in [-0.1, -0.05) is 50.1 Å². The van der Waals surface area contributed by atoms with E-state index in [4.69, 9.17) is 0 Å². The van der Waals surface area contributed by atoms with Crippen LogP contribution in [0.25, 0.3) is 0 Å². The number of nitrogens with zero attached hydrogens (tertiary/aromatic N) is 3. The molecule has 1 saturated carbocycles. The predicted octanol–water partition coefficient (Wildman–Crippen LogP) is 7.03. The van der Waals surface area contributed by atoms with Crippen LogP contribution in [0.4, 0.5) is 17.1 Å². The Bertz CT molecular complexity index is 1400. The molecule has 0 saturated heterocycles. The molecule has 0 aliphatic heterocycles. The topological polar surface area (TPSA) is 94.4 Å². The molecule has 200 valence electrons. The van der Waals surface area contributed by atoms with Gasteiger partial charge in [0.05, 0.1) is 16.9 Å². The van der Waals surface area contributed by atoms with Crippen molar-refractivity contribution in [1.29, 1.82) is 0 Å². The second kappa shape index (κ2) is 12.8. The van der Waals surface area contributed by atoms with E-state index in [1.807, 2.05) is 43.3 Å². The fourth-order valence-electron chi connectivity index (χ4n) is 4.84. The highest BCUT2D eigenvalue weighted by molar-refractivity contribution is 6.05. The van der Waals surface area contributed by atoms with Gasteiger partial charge in [0.15, 0.2) is 0 Å². The quantitative estimate of drug-likeness (QED) is 0.295. The summed E-state index contributed by atoms with van der Waals surface area (Å²) in [6.45, 7) is 5.52. The highest BCUT2D eigenvalue weighted by atomic mass is 16.4. The highest BCUT2D eigenvalue weighted by Gasteiger charge is 2.21. The van der Waals surface area contributed by atoms with Crippen molar-refractivity contribution >= 4 is 41.4 Å². The fourth-order valence-corrected chi connectivity index (χ4v) is 4.84. The number of benzene rings is 3. The average molecular weight is 523 g/mol. The molecule has 1 aliphatic rings. The number of amides is 1. The number of carbonyl (C=O) groups is 2. The average Bonchev–Trinajstić information content (AvgIpc) is 2.96. The van der Waals surface area contributed by atoms with Crippen LogP contribution in [0.5, 0.6) is 0 Å². The van der Waals surface area contributed by atoms with Crippen LogP contribution in [0, 0.1) is 6.92 Å². The molecule has 4 rings (SSSR count). The van der Waals surface area contributed by atoms with Gasteiger partial charge in [0, 0.05) is 43.0 Å². The van der Waals surface area contributed by atoms with Crippen LogP contribution in [0.1, 0.15) is 69.5 Å². The Morgan fingerprint density at radius 2 is 1.72 bits per heavy atom. The number of hydrogen-bond donors (Lipinski definition) is 2. The predicted molar refractivity (Wildman–Crippen MR) is 159 cm³/mol. The van der Waals surface area contributed by atoms with E-state index in [0.29, 0.717) is 23.0 Å². The van der Waals surface area contributed by atoms with Gasteiger partial charge >= 0.3 is 5.97 Å². The summed E-state index contributed by atoms with van der Waals surface area (Å²) in [7, 11) is 2.06. The van der Waals surface area contributed by atoms with E-state index in [0.717, 1.165) is 35.2 Å². The second-order valence-electron chi connectivity index (χ2n) is 9.73. The number of aromatic carboxylic acids is 1. The minimum atomic E-state index is -0.984. The van der Waals surface area contributed by atoms with Gasteiger partial charge in [-0.15, -0.1) is 0 Å². The molecule has 0 unspecified atom stereocenters. The third kappa shape index (κ3) is 6.87. The summed E-state index contributed by atoms with van der Waals surface area (Å²) in [6.07, 6.45) is 10.8. The highest BCUT2D eigenvalue weighted by Crippen LogP contribution is 2.34. The number of anilines is 2. The zero-order valence-electron chi connectivity index (χ0n) is 22.4. The first-order valence-corrected chi connectivity index (χ1v) is 13.2. The molecule has 0 aromatic heterocycles. The van der Waals surface area contributed by atoms with Gasteiger partial charge in [-0.3, -0.25) is 14.8 Å². The molecule has 7 nitrogen and oxygen atoms in total. The van der Waals surface area contributed by atoms with Crippen molar-refractivity contribution in [1.82, 2.24) is 0 Å². The van der Waals surface area contributed by atoms with Gasteiger partial charge in [0.25, 0.3) is 5.91 Å². The summed E-state index contributed by atoms with van der Waals surface area (Å²) < 4.78 is 0. The van der Waals surface area contributed by atoms with E-state index in [2.05, 4.69) is 33.8 Å². The maximum Gasteiger partial charge on any atom is 0.335 e. The van der Waals surface area contributed by atoms with Crippen LogP contribution >= 0.6 is 0 Å². The number of hydrogen-bond acceptors (Lipinski definition) is 5. The monoisotopic (exact) mass is 522 g/mol. The summed E-state index contributed by atoms with van der Waals surface area (Å²) >= 11 is 0. The largest absolute Gasteiger partial charge is 0.478 e.